The molecule has 0 saturated carbocycles. The van der Waals surface area contributed by atoms with Crippen LogP contribution in [0.5, 0.6) is 0 Å². The first kappa shape index (κ1) is 17.4. The van der Waals surface area contributed by atoms with Crippen LogP contribution in [0.2, 0.25) is 0 Å². The Hall–Kier alpha value is -2.99. The number of benzene rings is 2. The summed E-state index contributed by atoms with van der Waals surface area (Å²) in [4.78, 5) is 17.2. The molecule has 27 heavy (non-hydrogen) atoms. The van der Waals surface area contributed by atoms with Crippen LogP contribution in [-0.4, -0.2) is 24.1 Å². The van der Waals surface area contributed by atoms with Crippen LogP contribution in [-0.2, 0) is 14.9 Å². The summed E-state index contributed by atoms with van der Waals surface area (Å²) < 4.78 is 24.6. The Kier molecular flexibility index (Phi) is 4.73. The third kappa shape index (κ3) is 3.48. The van der Waals surface area contributed by atoms with Crippen LogP contribution < -0.4 is 5.32 Å². The zero-order chi connectivity index (χ0) is 18.7. The first-order valence-electron chi connectivity index (χ1n) is 8.82. The summed E-state index contributed by atoms with van der Waals surface area (Å²) in [5.74, 6) is 0.113. The topological polar surface area (TPSA) is 64.4 Å². The third-order valence-corrected chi connectivity index (χ3v) is 5.00. The van der Waals surface area contributed by atoms with E-state index in [9.17, 15) is 9.18 Å². The molecule has 2 heterocycles. The van der Waals surface area contributed by atoms with Gasteiger partial charge in [-0.2, -0.15) is 0 Å². The predicted octanol–water partition coefficient (Wildman–Crippen LogP) is 4.17. The van der Waals surface area contributed by atoms with Crippen molar-refractivity contribution in [2.75, 3.05) is 18.5 Å². The number of nitrogens with one attached hydrogen (secondary N) is 1. The van der Waals surface area contributed by atoms with Crippen molar-refractivity contribution in [3.63, 3.8) is 0 Å². The number of oxazole rings is 1. The fourth-order valence-electron chi connectivity index (χ4n) is 3.51. The lowest BCUT2D eigenvalue weighted by Gasteiger charge is -2.36. The van der Waals surface area contributed by atoms with Gasteiger partial charge in [-0.05, 0) is 42.7 Å². The summed E-state index contributed by atoms with van der Waals surface area (Å²) in [5.41, 5.74) is 1.32. The van der Waals surface area contributed by atoms with Gasteiger partial charge in [0, 0.05) is 24.5 Å². The van der Waals surface area contributed by atoms with E-state index in [-0.39, 0.29) is 11.7 Å². The molecule has 3 aromatic rings. The molecule has 5 nitrogen and oxygen atoms in total. The van der Waals surface area contributed by atoms with E-state index in [0.717, 1.165) is 5.56 Å². The summed E-state index contributed by atoms with van der Waals surface area (Å²) in [6.07, 6.45) is 3.99. The van der Waals surface area contributed by atoms with Gasteiger partial charge in [0.05, 0.1) is 11.6 Å². The van der Waals surface area contributed by atoms with Crippen LogP contribution in [0.1, 0.15) is 18.4 Å². The van der Waals surface area contributed by atoms with Crippen molar-refractivity contribution < 1.29 is 18.3 Å². The Morgan fingerprint density at radius 1 is 1.11 bits per heavy atom. The van der Waals surface area contributed by atoms with E-state index in [1.807, 2.05) is 24.3 Å². The summed E-state index contributed by atoms with van der Waals surface area (Å²) in [6, 6.07) is 13.6. The quantitative estimate of drug-likeness (QED) is 0.753. The van der Waals surface area contributed by atoms with Crippen LogP contribution in [0.4, 0.5) is 10.1 Å². The minimum atomic E-state index is -0.817. The Labute approximate surface area is 156 Å². The molecule has 1 saturated heterocycles. The number of nitrogens with zero attached hydrogens (tertiary/aromatic N) is 1. The lowest BCUT2D eigenvalue weighted by molar-refractivity contribution is -0.125. The maximum atomic E-state index is 13.8. The van der Waals surface area contributed by atoms with Gasteiger partial charge in [0.25, 0.3) is 0 Å². The lowest BCUT2D eigenvalue weighted by Crippen LogP contribution is -2.44. The van der Waals surface area contributed by atoms with Gasteiger partial charge in [-0.1, -0.05) is 24.3 Å². The maximum absolute atomic E-state index is 13.8. The van der Waals surface area contributed by atoms with Gasteiger partial charge in [-0.15, -0.1) is 0 Å². The molecular formula is C21H19FN2O3. The Bertz CT molecular complexity index is 934. The second-order valence-electron chi connectivity index (χ2n) is 6.61. The molecule has 1 N–H and O–H groups in total. The highest BCUT2D eigenvalue weighted by Crippen LogP contribution is 2.36. The maximum Gasteiger partial charge on any atom is 0.235 e. The Balaban J connectivity index is 1.64. The van der Waals surface area contributed by atoms with Crippen molar-refractivity contribution in [3.05, 3.63) is 72.5 Å². The standard InChI is InChI=1S/C21H19FN2O3/c22-17-5-2-4-16(12-17)21(7-9-26-10-8-21)20(25)24-18-6-1-3-15(11-18)19-13-23-14-27-19/h1-6,11-14H,7-10H2,(H,24,25). The molecule has 0 spiro atoms. The van der Waals surface area contributed by atoms with Crippen molar-refractivity contribution in [3.8, 4) is 11.3 Å². The van der Waals surface area contributed by atoms with Crippen LogP contribution in [0, 0.1) is 5.82 Å². The zero-order valence-corrected chi connectivity index (χ0v) is 14.7. The highest BCUT2D eigenvalue weighted by atomic mass is 19.1. The average molecular weight is 366 g/mol. The molecule has 0 atom stereocenters. The van der Waals surface area contributed by atoms with E-state index in [2.05, 4.69) is 10.3 Å². The van der Waals surface area contributed by atoms with Crippen molar-refractivity contribution in [2.45, 2.75) is 18.3 Å². The van der Waals surface area contributed by atoms with Gasteiger partial charge >= 0.3 is 0 Å². The number of anilines is 1. The average Bonchev–Trinajstić information content (AvgIpc) is 3.24. The smallest absolute Gasteiger partial charge is 0.235 e. The molecule has 2 aromatic carbocycles. The van der Waals surface area contributed by atoms with Gasteiger partial charge < -0.3 is 14.5 Å². The molecule has 1 aromatic heterocycles. The van der Waals surface area contributed by atoms with Gasteiger partial charge in [-0.25, -0.2) is 9.37 Å². The predicted molar refractivity (Wildman–Crippen MR) is 98.7 cm³/mol. The monoisotopic (exact) mass is 366 g/mol. The van der Waals surface area contributed by atoms with Crippen LogP contribution in [0.25, 0.3) is 11.3 Å². The van der Waals surface area contributed by atoms with Crippen molar-refractivity contribution in [1.82, 2.24) is 4.98 Å². The number of rotatable bonds is 4. The lowest BCUT2D eigenvalue weighted by atomic mass is 9.73. The van der Waals surface area contributed by atoms with E-state index in [0.29, 0.717) is 43.1 Å². The summed E-state index contributed by atoms with van der Waals surface area (Å²) in [5, 5.41) is 2.99. The zero-order valence-electron chi connectivity index (χ0n) is 14.7. The Morgan fingerprint density at radius 3 is 2.67 bits per heavy atom. The molecule has 0 radical (unpaired) electrons. The van der Waals surface area contributed by atoms with Crippen LogP contribution in [0.15, 0.2) is 65.5 Å². The fourth-order valence-corrected chi connectivity index (χ4v) is 3.51. The summed E-state index contributed by atoms with van der Waals surface area (Å²) >= 11 is 0. The molecule has 0 aliphatic carbocycles. The van der Waals surface area contributed by atoms with Gasteiger partial charge in [0.1, 0.15) is 5.82 Å². The molecule has 6 heteroatoms. The molecule has 0 unspecified atom stereocenters. The number of hydrogen-bond donors (Lipinski definition) is 1. The number of carbonyl (C=O) groups is 1. The molecule has 1 aliphatic heterocycles. The number of hydrogen-bond acceptors (Lipinski definition) is 4. The third-order valence-electron chi connectivity index (χ3n) is 5.00. The summed E-state index contributed by atoms with van der Waals surface area (Å²) in [6.45, 7) is 0.921. The molecule has 1 aliphatic rings. The minimum Gasteiger partial charge on any atom is -0.444 e. The second kappa shape index (κ2) is 7.32. The summed E-state index contributed by atoms with van der Waals surface area (Å²) in [7, 11) is 0. The molecule has 0 bridgehead atoms. The van der Waals surface area contributed by atoms with E-state index in [1.165, 1.54) is 18.5 Å². The van der Waals surface area contributed by atoms with Crippen LogP contribution in [0.3, 0.4) is 0 Å². The molecule has 138 valence electrons. The highest BCUT2D eigenvalue weighted by molar-refractivity contribution is 5.99. The van der Waals surface area contributed by atoms with Gasteiger partial charge in [0.15, 0.2) is 12.2 Å². The van der Waals surface area contributed by atoms with E-state index >= 15 is 0 Å². The van der Waals surface area contributed by atoms with E-state index in [1.54, 1.807) is 18.3 Å². The number of aromatic nitrogens is 1. The first-order chi connectivity index (χ1) is 13.2. The van der Waals surface area contributed by atoms with Crippen LogP contribution >= 0.6 is 0 Å². The molecule has 4 rings (SSSR count). The van der Waals surface area contributed by atoms with E-state index in [4.69, 9.17) is 9.15 Å². The number of halogens is 1. The number of ether oxygens (including phenoxy) is 1. The van der Waals surface area contributed by atoms with Gasteiger partial charge in [0.2, 0.25) is 5.91 Å². The largest absolute Gasteiger partial charge is 0.444 e. The molecule has 1 fully saturated rings. The minimum absolute atomic E-state index is 0.161. The van der Waals surface area contributed by atoms with Crippen molar-refractivity contribution in [1.29, 1.82) is 0 Å². The highest BCUT2D eigenvalue weighted by Gasteiger charge is 2.42. The first-order valence-corrected chi connectivity index (χ1v) is 8.82. The van der Waals surface area contributed by atoms with E-state index < -0.39 is 5.41 Å². The SMILES string of the molecule is O=C(Nc1cccc(-c2cnco2)c1)C1(c2cccc(F)c2)CCOCC1. The number of carbonyl (C=O) groups excluding carboxylic acids is 1. The molecule has 1 amide bonds. The van der Waals surface area contributed by atoms with Crippen molar-refractivity contribution >= 4 is 11.6 Å². The number of amides is 1. The van der Waals surface area contributed by atoms with Crippen molar-refractivity contribution in [2.24, 2.45) is 0 Å². The van der Waals surface area contributed by atoms with Gasteiger partial charge in [-0.3, -0.25) is 4.79 Å². The Morgan fingerprint density at radius 2 is 1.93 bits per heavy atom. The normalized spacial score (nSPS) is 16.0. The molecular weight excluding hydrogens is 347 g/mol. The fraction of sp³-hybridized carbons (Fsp3) is 0.238. The second-order valence-corrected chi connectivity index (χ2v) is 6.61.